The van der Waals surface area contributed by atoms with E-state index >= 15 is 0 Å². The number of esters is 1. The molecular formula is C37H54N6O8. The molecule has 3 heterocycles. The van der Waals surface area contributed by atoms with Gasteiger partial charge >= 0.3 is 5.97 Å². The molecule has 3 aliphatic heterocycles. The number of rotatable bonds is 6. The molecule has 1 aromatic rings. The molecule has 0 spiro atoms. The maximum atomic E-state index is 14.3. The van der Waals surface area contributed by atoms with Crippen LogP contribution in [0.2, 0.25) is 0 Å². The van der Waals surface area contributed by atoms with Crippen molar-refractivity contribution in [2.75, 3.05) is 20.1 Å². The second kappa shape index (κ2) is 17.1. The van der Waals surface area contributed by atoms with Gasteiger partial charge in [-0.1, -0.05) is 64.4 Å². The topological polar surface area (TPSA) is 175 Å². The van der Waals surface area contributed by atoms with E-state index in [1.54, 1.807) is 13.8 Å². The van der Waals surface area contributed by atoms with E-state index in [1.165, 1.54) is 35.6 Å². The molecule has 14 nitrogen and oxygen atoms in total. The zero-order valence-corrected chi connectivity index (χ0v) is 30.8. The molecule has 3 saturated heterocycles. The highest BCUT2D eigenvalue weighted by Crippen LogP contribution is 2.28. The number of carbonyl (C=O) groups is 7. The Morgan fingerprint density at radius 3 is 2.00 bits per heavy atom. The zero-order chi connectivity index (χ0) is 37.6. The number of amides is 6. The van der Waals surface area contributed by atoms with Crippen LogP contribution in [0.5, 0.6) is 0 Å². The van der Waals surface area contributed by atoms with E-state index in [0.717, 1.165) is 5.56 Å². The maximum absolute atomic E-state index is 14.3. The van der Waals surface area contributed by atoms with E-state index in [-0.39, 0.29) is 18.2 Å². The van der Waals surface area contributed by atoms with Gasteiger partial charge in [-0.15, -0.1) is 0 Å². The first-order valence-electron chi connectivity index (χ1n) is 18.2. The molecule has 0 saturated carbocycles. The molecule has 0 aliphatic carbocycles. The fourth-order valence-electron chi connectivity index (χ4n) is 7.19. The summed E-state index contributed by atoms with van der Waals surface area (Å²) < 4.78 is 5.76. The molecule has 4 rings (SSSR count). The number of nitrogens with one attached hydrogen (secondary N) is 3. The first-order valence-corrected chi connectivity index (χ1v) is 18.2. The van der Waals surface area contributed by atoms with E-state index < -0.39 is 83.8 Å². The molecule has 0 unspecified atom stereocenters. The van der Waals surface area contributed by atoms with Gasteiger partial charge in [0.05, 0.1) is 0 Å². The molecule has 6 amide bonds. The number of cyclic esters (lactones) is 1. The van der Waals surface area contributed by atoms with E-state index in [1.807, 2.05) is 44.2 Å². The average molecular weight is 711 g/mol. The highest BCUT2D eigenvalue weighted by Gasteiger charge is 2.46. The van der Waals surface area contributed by atoms with E-state index in [2.05, 4.69) is 16.0 Å². The molecule has 3 fully saturated rings. The van der Waals surface area contributed by atoms with E-state index in [0.29, 0.717) is 45.2 Å². The maximum Gasteiger partial charge on any atom is 0.329 e. The monoisotopic (exact) mass is 710 g/mol. The number of fused-ring (bicyclic) bond motifs is 2. The van der Waals surface area contributed by atoms with Crippen molar-refractivity contribution in [3.63, 3.8) is 0 Å². The second-order valence-corrected chi connectivity index (χ2v) is 14.5. The molecule has 51 heavy (non-hydrogen) atoms. The fraction of sp³-hybridized carbons (Fsp3) is 0.649. The van der Waals surface area contributed by atoms with Gasteiger partial charge in [0.15, 0.2) is 0 Å². The Morgan fingerprint density at radius 2 is 1.43 bits per heavy atom. The van der Waals surface area contributed by atoms with Crippen LogP contribution in [0.1, 0.15) is 79.2 Å². The first-order chi connectivity index (χ1) is 24.2. The molecule has 3 aliphatic rings. The molecule has 0 bridgehead atoms. The summed E-state index contributed by atoms with van der Waals surface area (Å²) in [6.45, 7) is 10.4. The van der Waals surface area contributed by atoms with Gasteiger partial charge in [-0.2, -0.15) is 0 Å². The van der Waals surface area contributed by atoms with Crippen LogP contribution in [-0.4, -0.2) is 119 Å². The van der Waals surface area contributed by atoms with Crippen molar-refractivity contribution < 1.29 is 38.3 Å². The van der Waals surface area contributed by atoms with Crippen molar-refractivity contribution in [3.05, 3.63) is 35.9 Å². The summed E-state index contributed by atoms with van der Waals surface area (Å²) in [5.74, 6) is -4.71. The number of likely N-dealkylation sites (N-methyl/N-ethyl adjacent to an activating group) is 1. The quantitative estimate of drug-likeness (QED) is 0.369. The van der Waals surface area contributed by atoms with Crippen LogP contribution in [0.25, 0.3) is 0 Å². The lowest BCUT2D eigenvalue weighted by molar-refractivity contribution is -0.157. The highest BCUT2D eigenvalue weighted by molar-refractivity contribution is 5.98. The predicted octanol–water partition coefficient (Wildman–Crippen LogP) is 1.16. The summed E-state index contributed by atoms with van der Waals surface area (Å²) in [4.78, 5) is 101. The van der Waals surface area contributed by atoms with Crippen LogP contribution in [0.15, 0.2) is 30.3 Å². The third kappa shape index (κ3) is 9.06. The van der Waals surface area contributed by atoms with E-state index in [4.69, 9.17) is 4.74 Å². The Bertz CT molecular complexity index is 1470. The molecule has 0 aromatic heterocycles. The first kappa shape index (κ1) is 39.3. The minimum atomic E-state index is -1.37. The van der Waals surface area contributed by atoms with Crippen molar-refractivity contribution in [2.24, 2.45) is 11.8 Å². The van der Waals surface area contributed by atoms with Gasteiger partial charge in [-0.3, -0.25) is 28.8 Å². The van der Waals surface area contributed by atoms with Crippen molar-refractivity contribution in [2.45, 2.75) is 122 Å². The van der Waals surface area contributed by atoms with Gasteiger partial charge in [-0.05, 0) is 50.0 Å². The Hall–Kier alpha value is -4.49. The molecule has 1 aromatic carbocycles. The van der Waals surface area contributed by atoms with Gasteiger partial charge in [0.2, 0.25) is 35.4 Å². The van der Waals surface area contributed by atoms with Crippen molar-refractivity contribution in [1.82, 2.24) is 30.7 Å². The smallest absolute Gasteiger partial charge is 0.329 e. The number of benzene rings is 1. The summed E-state index contributed by atoms with van der Waals surface area (Å²) in [5, 5.41) is 8.15. The number of ether oxygens (including phenoxy) is 1. The average Bonchev–Trinajstić information content (AvgIpc) is 3.80. The molecule has 8 atom stereocenters. The number of hydrogen-bond donors (Lipinski definition) is 3. The summed E-state index contributed by atoms with van der Waals surface area (Å²) in [7, 11) is 1.53. The van der Waals surface area contributed by atoms with Crippen molar-refractivity contribution in [3.8, 4) is 0 Å². The number of nitrogens with zero attached hydrogens (tertiary/aromatic N) is 3. The standard InChI is InChI=1S/C37H54N6O8/c1-8-22(4)30-36(49)43-19-13-17-27(43)35(48)42-18-12-16-26(42)34(47)41(7)28(20-25-14-10-9-11-15-25)32(45)39-29(21(2)3)37(50)51-23(5)31(33(46)40-30)38-24(6)44/h9-11,14-15,21-23,26-31H,8,12-13,16-20H2,1-7H3,(H,38,44)(H,39,45)(H,40,46)/t22-,23+,26-,27-,28-,29-,30+,31-/m0/s1. The van der Waals surface area contributed by atoms with Crippen molar-refractivity contribution in [1.29, 1.82) is 0 Å². The number of hydrogen-bond acceptors (Lipinski definition) is 8. The Balaban J connectivity index is 1.80. The molecule has 14 heteroatoms. The highest BCUT2D eigenvalue weighted by atomic mass is 16.5. The Kier molecular flexibility index (Phi) is 13.2. The van der Waals surface area contributed by atoms with Gasteiger partial charge in [-0.25, -0.2) is 4.79 Å². The normalized spacial score (nSPS) is 29.3. The predicted molar refractivity (Wildman–Crippen MR) is 187 cm³/mol. The summed E-state index contributed by atoms with van der Waals surface area (Å²) >= 11 is 0. The summed E-state index contributed by atoms with van der Waals surface area (Å²) in [6, 6.07) is 2.87. The van der Waals surface area contributed by atoms with Gasteiger partial charge in [0, 0.05) is 33.5 Å². The van der Waals surface area contributed by atoms with Gasteiger partial charge < -0.3 is 35.4 Å². The van der Waals surface area contributed by atoms with Crippen LogP contribution in [-0.2, 0) is 44.7 Å². The molecule has 280 valence electrons. The van der Waals surface area contributed by atoms with Gasteiger partial charge in [0.1, 0.15) is 42.4 Å². The van der Waals surface area contributed by atoms with E-state index in [9.17, 15) is 33.6 Å². The zero-order valence-electron chi connectivity index (χ0n) is 30.8. The molecule has 3 N–H and O–H groups in total. The Labute approximate surface area is 300 Å². The van der Waals surface area contributed by atoms with Crippen LogP contribution >= 0.6 is 0 Å². The lowest BCUT2D eigenvalue weighted by Crippen LogP contribution is -2.61. The van der Waals surface area contributed by atoms with Crippen molar-refractivity contribution >= 4 is 41.4 Å². The summed E-state index contributed by atoms with van der Waals surface area (Å²) in [5.41, 5.74) is 0.785. The second-order valence-electron chi connectivity index (χ2n) is 14.5. The van der Waals surface area contributed by atoms with Crippen LogP contribution in [0.4, 0.5) is 0 Å². The molecule has 0 radical (unpaired) electrons. The van der Waals surface area contributed by atoms with Crippen LogP contribution < -0.4 is 16.0 Å². The third-order valence-electron chi connectivity index (χ3n) is 10.4. The fourth-order valence-corrected chi connectivity index (χ4v) is 7.19. The van der Waals surface area contributed by atoms with Crippen LogP contribution in [0, 0.1) is 11.8 Å². The lowest BCUT2D eigenvalue weighted by atomic mass is 9.96. The minimum absolute atomic E-state index is 0.137. The minimum Gasteiger partial charge on any atom is -0.458 e. The number of carbonyl (C=O) groups excluding carboxylic acids is 7. The SMILES string of the molecule is CC[C@H](C)[C@H]1NC(=O)[C@@H](NC(C)=O)[C@@H](C)OC(=O)[C@H](C(C)C)NC(=O)[C@H](Cc2ccccc2)N(C)C(=O)[C@@H]2CCCN2C(=O)[C@@H]2CCCN2C1=O. The summed E-state index contributed by atoms with van der Waals surface area (Å²) in [6.07, 6.45) is 1.38. The Morgan fingerprint density at radius 1 is 0.863 bits per heavy atom. The largest absolute Gasteiger partial charge is 0.458 e. The third-order valence-corrected chi connectivity index (χ3v) is 10.4. The lowest BCUT2D eigenvalue weighted by Gasteiger charge is -2.36. The van der Waals surface area contributed by atoms with Crippen LogP contribution in [0.3, 0.4) is 0 Å². The molecular weight excluding hydrogens is 656 g/mol. The van der Waals surface area contributed by atoms with Gasteiger partial charge in [0.25, 0.3) is 0 Å².